The van der Waals surface area contributed by atoms with Gasteiger partial charge in [0.15, 0.2) is 6.10 Å². The predicted molar refractivity (Wildman–Crippen MR) is 84.5 cm³/mol. The molecule has 21 heavy (non-hydrogen) atoms. The van der Waals surface area contributed by atoms with Crippen molar-refractivity contribution in [1.82, 2.24) is 5.32 Å². The SMILES string of the molecule is C[C@H](Oc1ccc(Cl)cc1)C(=O)N[C@@H](C)c1ccccc1. The monoisotopic (exact) mass is 303 g/mol. The summed E-state index contributed by atoms with van der Waals surface area (Å²) in [7, 11) is 0. The molecule has 1 amide bonds. The number of carbonyl (C=O) groups excluding carboxylic acids is 1. The van der Waals surface area contributed by atoms with E-state index in [9.17, 15) is 4.79 Å². The van der Waals surface area contributed by atoms with Gasteiger partial charge < -0.3 is 10.1 Å². The van der Waals surface area contributed by atoms with Crippen molar-refractivity contribution in [3.8, 4) is 5.75 Å². The lowest BCUT2D eigenvalue weighted by molar-refractivity contribution is -0.127. The summed E-state index contributed by atoms with van der Waals surface area (Å²) < 4.78 is 5.60. The summed E-state index contributed by atoms with van der Waals surface area (Å²) >= 11 is 5.81. The fraction of sp³-hybridized carbons (Fsp3) is 0.235. The number of benzene rings is 2. The van der Waals surface area contributed by atoms with Crippen molar-refractivity contribution < 1.29 is 9.53 Å². The third-order valence-electron chi connectivity index (χ3n) is 3.15. The molecule has 2 aromatic carbocycles. The minimum atomic E-state index is -0.572. The summed E-state index contributed by atoms with van der Waals surface area (Å²) in [5.41, 5.74) is 1.06. The topological polar surface area (TPSA) is 38.3 Å². The van der Waals surface area contributed by atoms with Crippen LogP contribution in [0.5, 0.6) is 5.75 Å². The number of rotatable bonds is 5. The van der Waals surface area contributed by atoms with E-state index in [-0.39, 0.29) is 11.9 Å². The summed E-state index contributed by atoms with van der Waals surface area (Å²) in [5, 5.41) is 3.57. The normalized spacial score (nSPS) is 13.3. The fourth-order valence-electron chi connectivity index (χ4n) is 1.93. The Bertz CT molecular complexity index is 583. The smallest absolute Gasteiger partial charge is 0.261 e. The maximum Gasteiger partial charge on any atom is 0.261 e. The highest BCUT2D eigenvalue weighted by molar-refractivity contribution is 6.30. The lowest BCUT2D eigenvalue weighted by atomic mass is 10.1. The molecule has 3 nitrogen and oxygen atoms in total. The minimum absolute atomic E-state index is 0.0602. The maximum atomic E-state index is 12.1. The number of hydrogen-bond acceptors (Lipinski definition) is 2. The third kappa shape index (κ3) is 4.50. The predicted octanol–water partition coefficient (Wildman–Crippen LogP) is 3.98. The van der Waals surface area contributed by atoms with Crippen LogP contribution in [0, 0.1) is 0 Å². The average molecular weight is 304 g/mol. The van der Waals surface area contributed by atoms with Gasteiger partial charge in [0.25, 0.3) is 5.91 Å². The van der Waals surface area contributed by atoms with Crippen LogP contribution in [-0.4, -0.2) is 12.0 Å². The van der Waals surface area contributed by atoms with Gasteiger partial charge in [-0.2, -0.15) is 0 Å². The van der Waals surface area contributed by atoms with Crippen LogP contribution in [0.15, 0.2) is 54.6 Å². The third-order valence-corrected chi connectivity index (χ3v) is 3.41. The number of hydrogen-bond donors (Lipinski definition) is 1. The van der Waals surface area contributed by atoms with Gasteiger partial charge in [0.1, 0.15) is 5.75 Å². The molecule has 0 aliphatic carbocycles. The molecule has 0 aliphatic rings. The number of ether oxygens (including phenoxy) is 1. The molecule has 0 saturated carbocycles. The lowest BCUT2D eigenvalue weighted by Gasteiger charge is -2.19. The number of nitrogens with one attached hydrogen (secondary N) is 1. The van der Waals surface area contributed by atoms with Crippen LogP contribution < -0.4 is 10.1 Å². The molecule has 1 N–H and O–H groups in total. The van der Waals surface area contributed by atoms with Gasteiger partial charge in [0.2, 0.25) is 0 Å². The first-order valence-corrected chi connectivity index (χ1v) is 7.21. The van der Waals surface area contributed by atoms with Crippen LogP contribution in [-0.2, 0) is 4.79 Å². The summed E-state index contributed by atoms with van der Waals surface area (Å²) in [6.45, 7) is 3.67. The Morgan fingerprint density at radius 2 is 1.67 bits per heavy atom. The van der Waals surface area contributed by atoms with Crippen molar-refractivity contribution in [1.29, 1.82) is 0 Å². The summed E-state index contributed by atoms with van der Waals surface area (Å²) in [6.07, 6.45) is -0.572. The second-order valence-corrected chi connectivity index (χ2v) is 5.29. The van der Waals surface area contributed by atoms with Crippen LogP contribution in [0.25, 0.3) is 0 Å². The average Bonchev–Trinajstić information content (AvgIpc) is 2.50. The van der Waals surface area contributed by atoms with E-state index in [1.54, 1.807) is 31.2 Å². The van der Waals surface area contributed by atoms with Crippen molar-refractivity contribution in [2.75, 3.05) is 0 Å². The van der Waals surface area contributed by atoms with Gasteiger partial charge in [0, 0.05) is 5.02 Å². The van der Waals surface area contributed by atoms with Crippen LogP contribution in [0.2, 0.25) is 5.02 Å². The van der Waals surface area contributed by atoms with Crippen molar-refractivity contribution in [3.05, 3.63) is 65.2 Å². The standard InChI is InChI=1S/C17H18ClNO2/c1-12(14-6-4-3-5-7-14)19-17(20)13(2)21-16-10-8-15(18)9-11-16/h3-13H,1-2H3,(H,19,20)/t12-,13-/m0/s1. The highest BCUT2D eigenvalue weighted by Gasteiger charge is 2.17. The van der Waals surface area contributed by atoms with E-state index in [2.05, 4.69) is 5.32 Å². The molecule has 2 aromatic rings. The molecule has 0 fully saturated rings. The van der Waals surface area contributed by atoms with E-state index < -0.39 is 6.10 Å². The van der Waals surface area contributed by atoms with Gasteiger partial charge in [-0.3, -0.25) is 4.79 Å². The first-order valence-electron chi connectivity index (χ1n) is 6.84. The molecule has 2 rings (SSSR count). The molecule has 0 bridgehead atoms. The van der Waals surface area contributed by atoms with Crippen molar-refractivity contribution in [3.63, 3.8) is 0 Å². The fourth-order valence-corrected chi connectivity index (χ4v) is 2.05. The van der Waals surface area contributed by atoms with Gasteiger partial charge in [-0.15, -0.1) is 0 Å². The molecule has 0 radical (unpaired) electrons. The second-order valence-electron chi connectivity index (χ2n) is 4.85. The van der Waals surface area contributed by atoms with Crippen LogP contribution in [0.1, 0.15) is 25.5 Å². The van der Waals surface area contributed by atoms with E-state index in [4.69, 9.17) is 16.3 Å². The van der Waals surface area contributed by atoms with Gasteiger partial charge in [-0.1, -0.05) is 41.9 Å². The summed E-state index contributed by atoms with van der Waals surface area (Å²) in [5.74, 6) is 0.468. The van der Waals surface area contributed by atoms with Crippen molar-refractivity contribution in [2.45, 2.75) is 26.0 Å². The first kappa shape index (κ1) is 15.4. The zero-order valence-corrected chi connectivity index (χ0v) is 12.8. The Morgan fingerprint density at radius 1 is 1.05 bits per heavy atom. The molecule has 0 heterocycles. The number of amides is 1. The number of carbonyl (C=O) groups is 1. The minimum Gasteiger partial charge on any atom is -0.481 e. The van der Waals surface area contributed by atoms with Gasteiger partial charge >= 0.3 is 0 Å². The van der Waals surface area contributed by atoms with Crippen LogP contribution >= 0.6 is 11.6 Å². The Morgan fingerprint density at radius 3 is 2.29 bits per heavy atom. The van der Waals surface area contributed by atoms with E-state index in [1.165, 1.54) is 0 Å². The van der Waals surface area contributed by atoms with Crippen molar-refractivity contribution in [2.24, 2.45) is 0 Å². The Labute approximate surface area is 129 Å². The molecule has 0 aliphatic heterocycles. The summed E-state index contributed by atoms with van der Waals surface area (Å²) in [6, 6.07) is 16.7. The van der Waals surface area contributed by atoms with Gasteiger partial charge in [0.05, 0.1) is 6.04 Å². The molecule has 0 saturated heterocycles. The molecule has 0 unspecified atom stereocenters. The molecule has 2 atom stereocenters. The molecular weight excluding hydrogens is 286 g/mol. The van der Waals surface area contributed by atoms with E-state index in [0.717, 1.165) is 5.56 Å². The zero-order chi connectivity index (χ0) is 15.2. The zero-order valence-electron chi connectivity index (χ0n) is 12.0. The first-order chi connectivity index (χ1) is 10.1. The Balaban J connectivity index is 1.92. The van der Waals surface area contributed by atoms with E-state index in [0.29, 0.717) is 10.8 Å². The number of halogens is 1. The molecule has 0 aromatic heterocycles. The Hall–Kier alpha value is -2.00. The van der Waals surface area contributed by atoms with Gasteiger partial charge in [-0.05, 0) is 43.7 Å². The molecule has 4 heteroatoms. The summed E-state index contributed by atoms with van der Waals surface area (Å²) in [4.78, 5) is 12.1. The van der Waals surface area contributed by atoms with E-state index >= 15 is 0 Å². The van der Waals surface area contributed by atoms with Gasteiger partial charge in [-0.25, -0.2) is 0 Å². The quantitative estimate of drug-likeness (QED) is 0.907. The molecule has 110 valence electrons. The highest BCUT2D eigenvalue weighted by Crippen LogP contribution is 2.17. The van der Waals surface area contributed by atoms with Crippen LogP contribution in [0.4, 0.5) is 0 Å². The van der Waals surface area contributed by atoms with Crippen molar-refractivity contribution >= 4 is 17.5 Å². The van der Waals surface area contributed by atoms with Crippen LogP contribution in [0.3, 0.4) is 0 Å². The lowest BCUT2D eigenvalue weighted by Crippen LogP contribution is -2.37. The maximum absolute atomic E-state index is 12.1. The Kier molecular flexibility index (Phi) is 5.23. The molecule has 0 spiro atoms. The highest BCUT2D eigenvalue weighted by atomic mass is 35.5. The van der Waals surface area contributed by atoms with E-state index in [1.807, 2.05) is 37.3 Å². The second kappa shape index (κ2) is 7.14. The molecular formula is C17H18ClNO2. The largest absolute Gasteiger partial charge is 0.481 e.